The number of aryl methyl sites for hydroxylation is 2. The molecular weight excluding hydrogens is 394 g/mol. The van der Waals surface area contributed by atoms with Crippen LogP contribution in [0.3, 0.4) is 0 Å². The molecule has 0 unspecified atom stereocenters. The summed E-state index contributed by atoms with van der Waals surface area (Å²) in [6, 6.07) is 18.6. The highest BCUT2D eigenvalue weighted by molar-refractivity contribution is 7.17. The molecule has 0 fully saturated rings. The smallest absolute Gasteiger partial charge is 0.280 e. The van der Waals surface area contributed by atoms with Gasteiger partial charge in [-0.25, -0.2) is 0 Å². The van der Waals surface area contributed by atoms with Gasteiger partial charge in [-0.1, -0.05) is 60.2 Å². The Morgan fingerprint density at radius 3 is 2.47 bits per heavy atom. The number of hydrogen-bond acceptors (Lipinski definition) is 3. The highest BCUT2D eigenvalue weighted by Gasteiger charge is 2.27. The Bertz CT molecular complexity index is 1060. The number of carbonyl (C=O) groups is 2. The van der Waals surface area contributed by atoms with Crippen LogP contribution in [0.4, 0.5) is 5.00 Å². The lowest BCUT2D eigenvalue weighted by Crippen LogP contribution is -2.87. The first-order valence-electron chi connectivity index (χ1n) is 10.2. The minimum atomic E-state index is -0.463. The number of rotatable bonds is 7. The van der Waals surface area contributed by atoms with Crippen molar-refractivity contribution in [1.29, 1.82) is 0 Å². The zero-order valence-corrected chi connectivity index (χ0v) is 17.8. The quantitative estimate of drug-likeness (QED) is 0.549. The average molecular weight is 421 g/mol. The SMILES string of the molecule is Cc1ccc([C@H]([NH2+]CC(=O)Nc2sc3c(c2C(N)=O)CCC3)c2ccccc2)cc1. The number of nitrogens with two attached hydrogens (primary N) is 2. The monoisotopic (exact) mass is 420 g/mol. The third kappa shape index (κ3) is 4.30. The molecule has 30 heavy (non-hydrogen) atoms. The van der Waals surface area contributed by atoms with E-state index in [9.17, 15) is 9.59 Å². The minimum Gasteiger partial charge on any atom is -0.365 e. The van der Waals surface area contributed by atoms with Crippen molar-refractivity contribution >= 4 is 28.2 Å². The topological polar surface area (TPSA) is 88.8 Å². The van der Waals surface area contributed by atoms with Crippen LogP contribution in [0.2, 0.25) is 0 Å². The number of amides is 2. The van der Waals surface area contributed by atoms with E-state index in [1.165, 1.54) is 21.8 Å². The molecule has 3 aromatic rings. The lowest BCUT2D eigenvalue weighted by atomic mass is 9.98. The molecule has 5 nitrogen and oxygen atoms in total. The predicted molar refractivity (Wildman–Crippen MR) is 120 cm³/mol. The lowest BCUT2D eigenvalue weighted by molar-refractivity contribution is -0.676. The summed E-state index contributed by atoms with van der Waals surface area (Å²) in [5, 5.41) is 5.56. The molecule has 1 aliphatic rings. The Kier molecular flexibility index (Phi) is 5.97. The first-order chi connectivity index (χ1) is 14.5. The first kappa shape index (κ1) is 20.3. The zero-order chi connectivity index (χ0) is 21.1. The van der Waals surface area contributed by atoms with Crippen LogP contribution in [0.15, 0.2) is 54.6 Å². The maximum absolute atomic E-state index is 12.7. The number of nitrogens with one attached hydrogen (secondary N) is 1. The number of hydrogen-bond donors (Lipinski definition) is 3. The van der Waals surface area contributed by atoms with Crippen LogP contribution in [0, 0.1) is 6.92 Å². The summed E-state index contributed by atoms with van der Waals surface area (Å²) in [5.74, 6) is -0.596. The normalized spacial score (nSPS) is 13.6. The van der Waals surface area contributed by atoms with E-state index in [0.717, 1.165) is 36.0 Å². The fourth-order valence-electron chi connectivity index (χ4n) is 4.05. The average Bonchev–Trinajstić information content (AvgIpc) is 3.30. The Labute approximate surface area is 180 Å². The Morgan fingerprint density at radius 2 is 1.77 bits per heavy atom. The van der Waals surface area contributed by atoms with Crippen molar-refractivity contribution in [3.63, 3.8) is 0 Å². The fraction of sp³-hybridized carbons (Fsp3) is 0.250. The maximum Gasteiger partial charge on any atom is 0.280 e. The number of thiophene rings is 1. The largest absolute Gasteiger partial charge is 0.365 e. The molecule has 1 atom stereocenters. The number of carbonyl (C=O) groups excluding carboxylic acids is 2. The van der Waals surface area contributed by atoms with Gasteiger partial charge in [0.2, 0.25) is 0 Å². The molecule has 2 aromatic carbocycles. The minimum absolute atomic E-state index is 0.0153. The summed E-state index contributed by atoms with van der Waals surface area (Å²) < 4.78 is 0. The van der Waals surface area contributed by atoms with E-state index in [-0.39, 0.29) is 18.5 Å². The first-order valence-corrected chi connectivity index (χ1v) is 11.0. The van der Waals surface area contributed by atoms with Gasteiger partial charge < -0.3 is 16.4 Å². The third-order valence-corrected chi connectivity index (χ3v) is 6.76. The Morgan fingerprint density at radius 1 is 1.07 bits per heavy atom. The molecule has 0 aliphatic heterocycles. The van der Waals surface area contributed by atoms with Gasteiger partial charge in [0.15, 0.2) is 6.54 Å². The third-order valence-electron chi connectivity index (χ3n) is 5.55. The van der Waals surface area contributed by atoms with Crippen LogP contribution < -0.4 is 16.4 Å². The highest BCUT2D eigenvalue weighted by Crippen LogP contribution is 2.38. The maximum atomic E-state index is 12.7. The van der Waals surface area contributed by atoms with Gasteiger partial charge in [-0.2, -0.15) is 0 Å². The molecule has 5 N–H and O–H groups in total. The second-order valence-electron chi connectivity index (χ2n) is 7.71. The van der Waals surface area contributed by atoms with Gasteiger partial charge in [0.1, 0.15) is 11.0 Å². The molecule has 0 radical (unpaired) electrons. The van der Waals surface area contributed by atoms with Crippen LogP contribution >= 0.6 is 11.3 Å². The molecule has 0 bridgehead atoms. The van der Waals surface area contributed by atoms with E-state index >= 15 is 0 Å². The summed E-state index contributed by atoms with van der Waals surface area (Å²) in [6.07, 6.45) is 2.85. The van der Waals surface area contributed by atoms with Crippen LogP contribution in [0.5, 0.6) is 0 Å². The van der Waals surface area contributed by atoms with Crippen molar-refractivity contribution in [1.82, 2.24) is 0 Å². The Hall–Kier alpha value is -2.96. The second kappa shape index (κ2) is 8.81. The molecule has 1 aliphatic carbocycles. The van der Waals surface area contributed by atoms with E-state index in [4.69, 9.17) is 5.73 Å². The van der Waals surface area contributed by atoms with Gasteiger partial charge in [-0.3, -0.25) is 9.59 Å². The lowest BCUT2D eigenvalue weighted by Gasteiger charge is -2.17. The molecule has 4 rings (SSSR count). The molecule has 0 saturated carbocycles. The summed E-state index contributed by atoms with van der Waals surface area (Å²) in [4.78, 5) is 25.9. The fourth-order valence-corrected chi connectivity index (χ4v) is 5.37. The number of quaternary nitrogens is 1. The van der Waals surface area contributed by atoms with E-state index < -0.39 is 5.91 Å². The number of fused-ring (bicyclic) bond motifs is 1. The number of primary amides is 1. The zero-order valence-electron chi connectivity index (χ0n) is 17.0. The van der Waals surface area contributed by atoms with Crippen molar-refractivity contribution < 1.29 is 14.9 Å². The highest BCUT2D eigenvalue weighted by atomic mass is 32.1. The van der Waals surface area contributed by atoms with Crippen LogP contribution in [0.1, 0.15) is 50.0 Å². The standard InChI is InChI=1S/C24H25N3O2S/c1-15-10-12-17(13-11-15)22(16-6-3-2-4-7-16)26-14-20(28)27-24-21(23(25)29)18-8-5-9-19(18)30-24/h2-4,6-7,10-13,22,26H,5,8-9,14H2,1H3,(H2,25,29)(H,27,28)/p+1/t22-/m1/s1. The van der Waals surface area contributed by atoms with Gasteiger partial charge >= 0.3 is 0 Å². The van der Waals surface area contributed by atoms with E-state index in [1.54, 1.807) is 0 Å². The summed E-state index contributed by atoms with van der Waals surface area (Å²) in [7, 11) is 0. The molecule has 0 spiro atoms. The van der Waals surface area contributed by atoms with Gasteiger partial charge in [0, 0.05) is 16.0 Å². The molecule has 2 amide bonds. The number of benzene rings is 2. The van der Waals surface area contributed by atoms with E-state index in [2.05, 4.69) is 48.6 Å². The number of anilines is 1. The van der Waals surface area contributed by atoms with Crippen molar-refractivity contribution in [2.75, 3.05) is 11.9 Å². The summed E-state index contributed by atoms with van der Waals surface area (Å²) in [5.41, 5.74) is 10.6. The molecular formula is C24H26N3O2S+. The van der Waals surface area contributed by atoms with Gasteiger partial charge in [-0.15, -0.1) is 11.3 Å². The molecule has 1 heterocycles. The van der Waals surface area contributed by atoms with E-state index in [1.807, 2.05) is 23.5 Å². The molecule has 154 valence electrons. The van der Waals surface area contributed by atoms with Gasteiger partial charge in [0.25, 0.3) is 11.8 Å². The van der Waals surface area contributed by atoms with Crippen LogP contribution in [-0.2, 0) is 17.6 Å². The van der Waals surface area contributed by atoms with Gasteiger partial charge in [-0.05, 0) is 31.7 Å². The predicted octanol–water partition coefficient (Wildman–Crippen LogP) is 2.94. The molecule has 0 saturated heterocycles. The van der Waals surface area contributed by atoms with Gasteiger partial charge in [0.05, 0.1) is 5.56 Å². The Balaban J connectivity index is 1.50. The van der Waals surface area contributed by atoms with Crippen molar-refractivity contribution in [3.05, 3.63) is 87.3 Å². The van der Waals surface area contributed by atoms with Crippen molar-refractivity contribution in [2.45, 2.75) is 32.2 Å². The van der Waals surface area contributed by atoms with E-state index in [0.29, 0.717) is 10.6 Å². The van der Waals surface area contributed by atoms with Crippen LogP contribution in [0.25, 0.3) is 0 Å². The van der Waals surface area contributed by atoms with Crippen LogP contribution in [-0.4, -0.2) is 18.4 Å². The second-order valence-corrected chi connectivity index (χ2v) is 8.82. The summed E-state index contributed by atoms with van der Waals surface area (Å²) >= 11 is 1.49. The molecule has 6 heteroatoms. The molecule has 1 aromatic heterocycles. The van der Waals surface area contributed by atoms with Crippen molar-refractivity contribution in [3.8, 4) is 0 Å². The van der Waals surface area contributed by atoms with Crippen molar-refractivity contribution in [2.24, 2.45) is 5.73 Å². The summed E-state index contributed by atoms with van der Waals surface area (Å²) in [6.45, 7) is 2.31.